The van der Waals surface area contributed by atoms with Crippen LogP contribution in [0.3, 0.4) is 0 Å². The third-order valence-electron chi connectivity index (χ3n) is 3.36. The molecule has 0 aliphatic rings. The van der Waals surface area contributed by atoms with Crippen LogP contribution in [0.2, 0.25) is 0 Å². The number of ether oxygens (including phenoxy) is 1. The molecule has 0 unspecified atom stereocenters. The number of likely N-dealkylation sites (N-methyl/N-ethyl adjacent to an activating group) is 1. The van der Waals surface area contributed by atoms with Crippen LogP contribution < -0.4 is 5.73 Å². The summed E-state index contributed by atoms with van der Waals surface area (Å²) < 4.78 is 31.7. The highest BCUT2D eigenvalue weighted by Gasteiger charge is 2.23. The highest BCUT2D eigenvalue weighted by molar-refractivity contribution is 7.89. The van der Waals surface area contributed by atoms with Crippen molar-refractivity contribution in [2.45, 2.75) is 32.2 Å². The molecule has 0 radical (unpaired) electrons. The molecule has 0 bridgehead atoms. The van der Waals surface area contributed by atoms with Crippen molar-refractivity contribution in [3.63, 3.8) is 0 Å². The van der Waals surface area contributed by atoms with E-state index < -0.39 is 10.0 Å². The zero-order valence-electron chi connectivity index (χ0n) is 12.6. The summed E-state index contributed by atoms with van der Waals surface area (Å²) in [5.41, 5.74) is 8.15. The zero-order valence-corrected chi connectivity index (χ0v) is 13.5. The molecule has 1 aromatic carbocycles. The van der Waals surface area contributed by atoms with Crippen LogP contribution >= 0.6 is 0 Å². The number of nitrogens with two attached hydrogens (primary N) is 1. The first kappa shape index (κ1) is 17.1. The Hall–Kier alpha value is -0.950. The van der Waals surface area contributed by atoms with Gasteiger partial charge in [0.1, 0.15) is 0 Å². The van der Waals surface area contributed by atoms with Gasteiger partial charge in [-0.1, -0.05) is 6.07 Å². The molecule has 0 saturated carbocycles. The van der Waals surface area contributed by atoms with Crippen molar-refractivity contribution in [2.24, 2.45) is 5.73 Å². The van der Waals surface area contributed by atoms with Gasteiger partial charge in [0.25, 0.3) is 0 Å². The van der Waals surface area contributed by atoms with Crippen molar-refractivity contribution >= 4 is 10.0 Å². The van der Waals surface area contributed by atoms with Crippen LogP contribution in [0.5, 0.6) is 0 Å². The quantitative estimate of drug-likeness (QED) is 0.773. The zero-order chi connectivity index (χ0) is 15.3. The fourth-order valence-electron chi connectivity index (χ4n) is 1.91. The van der Waals surface area contributed by atoms with E-state index in [4.69, 9.17) is 10.5 Å². The summed E-state index contributed by atoms with van der Waals surface area (Å²) in [5, 5.41) is 0. The summed E-state index contributed by atoms with van der Waals surface area (Å²) in [6.07, 6.45) is 0. The highest BCUT2D eigenvalue weighted by Crippen LogP contribution is 2.23. The van der Waals surface area contributed by atoms with E-state index in [2.05, 4.69) is 0 Å². The van der Waals surface area contributed by atoms with Gasteiger partial charge in [-0.15, -0.1) is 0 Å². The van der Waals surface area contributed by atoms with Gasteiger partial charge in [-0.2, -0.15) is 4.31 Å². The Morgan fingerprint density at radius 2 is 1.95 bits per heavy atom. The van der Waals surface area contributed by atoms with Gasteiger partial charge in [0.2, 0.25) is 10.0 Å². The van der Waals surface area contributed by atoms with Crippen LogP contribution in [0.15, 0.2) is 17.0 Å². The Morgan fingerprint density at radius 1 is 1.30 bits per heavy atom. The summed E-state index contributed by atoms with van der Waals surface area (Å²) in [5.74, 6) is 0. The first-order valence-corrected chi connectivity index (χ1v) is 8.12. The molecule has 20 heavy (non-hydrogen) atoms. The number of sulfonamides is 1. The second-order valence-electron chi connectivity index (χ2n) is 4.76. The normalized spacial score (nSPS) is 12.1. The smallest absolute Gasteiger partial charge is 0.243 e. The second kappa shape index (κ2) is 7.17. The highest BCUT2D eigenvalue weighted by atomic mass is 32.2. The minimum Gasteiger partial charge on any atom is -0.380 e. The fourth-order valence-corrected chi connectivity index (χ4v) is 3.41. The second-order valence-corrected chi connectivity index (χ2v) is 6.78. The Balaban J connectivity index is 3.11. The molecule has 1 aromatic rings. The largest absolute Gasteiger partial charge is 0.380 e. The van der Waals surface area contributed by atoms with Gasteiger partial charge in [0, 0.05) is 26.7 Å². The number of benzene rings is 1. The molecule has 0 fully saturated rings. The Labute approximate surface area is 121 Å². The average molecular weight is 300 g/mol. The Morgan fingerprint density at radius 3 is 2.50 bits per heavy atom. The summed E-state index contributed by atoms with van der Waals surface area (Å²) in [4.78, 5) is 0.331. The molecule has 2 N–H and O–H groups in total. The van der Waals surface area contributed by atoms with Gasteiger partial charge in [-0.3, -0.25) is 0 Å². The first-order chi connectivity index (χ1) is 9.34. The van der Waals surface area contributed by atoms with Crippen LogP contribution in [0, 0.1) is 13.8 Å². The molecule has 0 aromatic heterocycles. The van der Waals surface area contributed by atoms with Crippen molar-refractivity contribution in [1.82, 2.24) is 4.31 Å². The predicted octanol–water partition coefficient (Wildman–Crippen LogP) is 1.42. The van der Waals surface area contributed by atoms with E-state index >= 15 is 0 Å². The Bertz CT molecular complexity index is 556. The van der Waals surface area contributed by atoms with E-state index in [0.717, 1.165) is 16.7 Å². The van der Waals surface area contributed by atoms with Gasteiger partial charge in [0.05, 0.1) is 11.5 Å². The fraction of sp³-hybridized carbons (Fsp3) is 0.571. The van der Waals surface area contributed by atoms with E-state index in [0.29, 0.717) is 31.2 Å². The Kier molecular flexibility index (Phi) is 6.13. The van der Waals surface area contributed by atoms with Crippen LogP contribution in [0.1, 0.15) is 23.6 Å². The van der Waals surface area contributed by atoms with Gasteiger partial charge in [-0.25, -0.2) is 8.42 Å². The molecule has 0 amide bonds. The maximum atomic E-state index is 12.6. The van der Waals surface area contributed by atoms with Gasteiger partial charge in [0.15, 0.2) is 0 Å². The van der Waals surface area contributed by atoms with Crippen LogP contribution in [0.25, 0.3) is 0 Å². The topological polar surface area (TPSA) is 72.6 Å². The van der Waals surface area contributed by atoms with Crippen molar-refractivity contribution in [1.29, 1.82) is 0 Å². The van der Waals surface area contributed by atoms with Crippen molar-refractivity contribution in [3.8, 4) is 0 Å². The molecule has 114 valence electrons. The molecule has 0 aliphatic heterocycles. The predicted molar refractivity (Wildman–Crippen MR) is 80.1 cm³/mol. The van der Waals surface area contributed by atoms with Crippen LogP contribution in [-0.4, -0.2) is 39.5 Å². The molecular formula is C14H24N2O3S. The van der Waals surface area contributed by atoms with E-state index in [9.17, 15) is 8.42 Å². The van der Waals surface area contributed by atoms with E-state index in [1.165, 1.54) is 4.31 Å². The lowest BCUT2D eigenvalue weighted by atomic mass is 10.1. The molecule has 6 heteroatoms. The summed E-state index contributed by atoms with van der Waals surface area (Å²) >= 11 is 0. The molecule has 0 saturated heterocycles. The molecule has 0 heterocycles. The molecule has 1 rings (SSSR count). The summed E-state index contributed by atoms with van der Waals surface area (Å²) in [7, 11) is -1.94. The van der Waals surface area contributed by atoms with Gasteiger partial charge < -0.3 is 10.5 Å². The minimum atomic E-state index is -3.51. The lowest BCUT2D eigenvalue weighted by Crippen LogP contribution is -2.31. The molecule has 0 spiro atoms. The van der Waals surface area contributed by atoms with Crippen molar-refractivity contribution < 1.29 is 13.2 Å². The molecule has 5 nitrogen and oxygen atoms in total. The minimum absolute atomic E-state index is 0.326. The van der Waals surface area contributed by atoms with E-state index in [-0.39, 0.29) is 0 Å². The number of hydrogen-bond acceptors (Lipinski definition) is 4. The lowest BCUT2D eigenvalue weighted by molar-refractivity contribution is 0.138. The number of hydrogen-bond donors (Lipinski definition) is 1. The SMILES string of the molecule is CCOCCN(C)S(=O)(=O)c1cc(CN)cc(C)c1C. The van der Waals surface area contributed by atoms with E-state index in [1.54, 1.807) is 13.1 Å². The first-order valence-electron chi connectivity index (χ1n) is 6.68. The summed E-state index contributed by atoms with van der Waals surface area (Å²) in [6, 6.07) is 3.59. The van der Waals surface area contributed by atoms with E-state index in [1.807, 2.05) is 26.8 Å². The maximum absolute atomic E-state index is 12.6. The van der Waals surface area contributed by atoms with Crippen molar-refractivity contribution in [2.75, 3.05) is 26.8 Å². The standard InChI is InChI=1S/C14H24N2O3S/c1-5-19-7-6-16(4)20(17,18)14-9-13(10-15)8-11(2)12(14)3/h8-9H,5-7,10,15H2,1-4H3. The molecule has 0 aliphatic carbocycles. The third-order valence-corrected chi connectivity index (χ3v) is 5.34. The number of aryl methyl sites for hydroxylation is 1. The maximum Gasteiger partial charge on any atom is 0.243 e. The van der Waals surface area contributed by atoms with Crippen molar-refractivity contribution in [3.05, 3.63) is 28.8 Å². The monoisotopic (exact) mass is 300 g/mol. The average Bonchev–Trinajstić information content (AvgIpc) is 2.41. The molecule has 0 atom stereocenters. The molecular weight excluding hydrogens is 276 g/mol. The van der Waals surface area contributed by atoms with Crippen LogP contribution in [0.4, 0.5) is 0 Å². The number of rotatable bonds is 7. The summed E-state index contributed by atoms with van der Waals surface area (Å²) in [6.45, 7) is 7.22. The third kappa shape index (κ3) is 3.79. The van der Waals surface area contributed by atoms with Crippen LogP contribution in [-0.2, 0) is 21.3 Å². The lowest BCUT2D eigenvalue weighted by Gasteiger charge is -2.20. The van der Waals surface area contributed by atoms with Gasteiger partial charge >= 0.3 is 0 Å². The number of nitrogens with zero attached hydrogens (tertiary/aromatic N) is 1. The van der Waals surface area contributed by atoms with Gasteiger partial charge in [-0.05, 0) is 43.5 Å².